The molecule has 7 rings (SSSR count). The van der Waals surface area contributed by atoms with Crippen LogP contribution in [-0.2, 0) is 0 Å². The molecule has 2 aromatic heterocycles. The van der Waals surface area contributed by atoms with Crippen molar-refractivity contribution in [3.63, 3.8) is 0 Å². The van der Waals surface area contributed by atoms with Crippen molar-refractivity contribution in [3.05, 3.63) is 99.3 Å². The molecule has 2 amide bonds. The van der Waals surface area contributed by atoms with Crippen LogP contribution in [0.3, 0.4) is 0 Å². The number of amides is 2. The molecular weight excluding hydrogens is 426 g/mol. The topological polar surface area (TPSA) is 71.8 Å². The second kappa shape index (κ2) is 6.26. The number of anilines is 1. The van der Waals surface area contributed by atoms with E-state index in [1.807, 2.05) is 38.1 Å². The maximum Gasteiger partial charge on any atom is 0.265 e. The number of rotatable bonds is 1. The molecule has 6 aromatic rings. The first-order valence-corrected chi connectivity index (χ1v) is 11.0. The Morgan fingerprint density at radius 2 is 1.35 bits per heavy atom. The van der Waals surface area contributed by atoms with Crippen molar-refractivity contribution in [2.45, 2.75) is 13.8 Å². The van der Waals surface area contributed by atoms with Gasteiger partial charge in [-0.05, 0) is 73.5 Å². The van der Waals surface area contributed by atoms with E-state index < -0.39 is 11.8 Å². The molecule has 0 radical (unpaired) electrons. The molecule has 1 aliphatic rings. The Hall–Kier alpha value is -4.58. The quantitative estimate of drug-likeness (QED) is 0.335. The third-order valence-electron chi connectivity index (χ3n) is 6.99. The third kappa shape index (κ3) is 2.19. The highest BCUT2D eigenvalue weighted by Crippen LogP contribution is 2.38. The first kappa shape index (κ1) is 18.9. The van der Waals surface area contributed by atoms with Crippen LogP contribution in [0.5, 0.6) is 0 Å². The molecule has 4 aromatic carbocycles. The average molecular weight is 443 g/mol. The first-order chi connectivity index (χ1) is 16.5. The van der Waals surface area contributed by atoms with Gasteiger partial charge in [0.05, 0.1) is 16.7 Å². The molecule has 162 valence electrons. The molecule has 6 heteroatoms. The molecule has 0 spiro atoms. The zero-order chi connectivity index (χ0) is 23.3. The second-order valence-electron chi connectivity index (χ2n) is 8.85. The monoisotopic (exact) mass is 443 g/mol. The fraction of sp³-hybridized carbons (Fsp3) is 0.0714. The van der Waals surface area contributed by atoms with Gasteiger partial charge in [0.15, 0.2) is 0 Å². The highest BCUT2D eigenvalue weighted by atomic mass is 16.2. The van der Waals surface area contributed by atoms with E-state index >= 15 is 0 Å². The van der Waals surface area contributed by atoms with Crippen LogP contribution in [0.25, 0.3) is 38.2 Å². The third-order valence-corrected chi connectivity index (χ3v) is 6.99. The number of carbonyl (C=O) groups is 2. The molecule has 1 aliphatic heterocycles. The van der Waals surface area contributed by atoms with Gasteiger partial charge in [-0.3, -0.25) is 18.8 Å². The van der Waals surface area contributed by atoms with E-state index in [4.69, 9.17) is 4.98 Å². The molecule has 34 heavy (non-hydrogen) atoms. The summed E-state index contributed by atoms with van der Waals surface area (Å²) >= 11 is 0. The predicted molar refractivity (Wildman–Crippen MR) is 132 cm³/mol. The lowest BCUT2D eigenvalue weighted by Crippen LogP contribution is -2.40. The van der Waals surface area contributed by atoms with Crippen molar-refractivity contribution in [2.75, 3.05) is 4.90 Å². The van der Waals surface area contributed by atoms with Crippen LogP contribution in [0, 0.1) is 13.8 Å². The molecule has 0 saturated carbocycles. The molecule has 3 heterocycles. The normalized spacial score (nSPS) is 13.8. The summed E-state index contributed by atoms with van der Waals surface area (Å²) in [5, 5.41) is 2.35. The maximum atomic E-state index is 13.7. The number of fused-ring (bicyclic) bond motifs is 4. The van der Waals surface area contributed by atoms with Crippen molar-refractivity contribution in [3.8, 4) is 0 Å². The van der Waals surface area contributed by atoms with E-state index in [-0.39, 0.29) is 5.56 Å². The number of para-hydroxylation sites is 1. The largest absolute Gasteiger partial charge is 0.268 e. The van der Waals surface area contributed by atoms with Crippen LogP contribution in [0.15, 0.2) is 71.5 Å². The summed E-state index contributed by atoms with van der Waals surface area (Å²) < 4.78 is 1.64. The van der Waals surface area contributed by atoms with Gasteiger partial charge >= 0.3 is 0 Å². The van der Waals surface area contributed by atoms with Gasteiger partial charge in [0.1, 0.15) is 5.65 Å². The van der Waals surface area contributed by atoms with Crippen molar-refractivity contribution >= 4 is 55.7 Å². The SMILES string of the molecule is Cc1cc2nc3c4ccc5c6c(ccc(c(=O)n3c2cc1C)c64)C(=O)N(c1ccccc1)C5=O. The lowest BCUT2D eigenvalue weighted by Gasteiger charge is -2.27. The smallest absolute Gasteiger partial charge is 0.265 e. The van der Waals surface area contributed by atoms with Gasteiger partial charge in [0.2, 0.25) is 0 Å². The van der Waals surface area contributed by atoms with Crippen LogP contribution >= 0.6 is 0 Å². The molecule has 0 N–H and O–H groups in total. The zero-order valence-electron chi connectivity index (χ0n) is 18.4. The lowest BCUT2D eigenvalue weighted by molar-refractivity contribution is 0.0893. The summed E-state index contributed by atoms with van der Waals surface area (Å²) in [4.78, 5) is 46.7. The van der Waals surface area contributed by atoms with E-state index in [1.54, 1.807) is 46.9 Å². The molecule has 6 nitrogen and oxygen atoms in total. The van der Waals surface area contributed by atoms with Crippen LogP contribution in [0.2, 0.25) is 0 Å². The van der Waals surface area contributed by atoms with Crippen LogP contribution in [-0.4, -0.2) is 21.2 Å². The number of hydrogen-bond acceptors (Lipinski definition) is 4. The molecule has 0 unspecified atom stereocenters. The van der Waals surface area contributed by atoms with Crippen molar-refractivity contribution in [1.82, 2.24) is 9.38 Å². The van der Waals surface area contributed by atoms with E-state index in [0.29, 0.717) is 38.6 Å². The minimum atomic E-state index is -0.398. The number of aromatic nitrogens is 2. The fourth-order valence-electron chi connectivity index (χ4n) is 5.20. The van der Waals surface area contributed by atoms with Crippen LogP contribution in [0.4, 0.5) is 5.69 Å². The number of nitrogens with zero attached hydrogens (tertiary/aromatic N) is 3. The number of imide groups is 1. The minimum absolute atomic E-state index is 0.206. The lowest BCUT2D eigenvalue weighted by atomic mass is 9.90. The summed E-state index contributed by atoms with van der Waals surface area (Å²) in [5.41, 5.74) is 5.33. The Labute approximate surface area is 193 Å². The number of carbonyl (C=O) groups excluding carboxylic acids is 2. The first-order valence-electron chi connectivity index (χ1n) is 11.0. The summed E-state index contributed by atoms with van der Waals surface area (Å²) in [6.45, 7) is 4.03. The molecule has 0 aliphatic carbocycles. The summed E-state index contributed by atoms with van der Waals surface area (Å²) in [7, 11) is 0. The van der Waals surface area contributed by atoms with Crippen LogP contribution < -0.4 is 10.5 Å². The Morgan fingerprint density at radius 3 is 2.06 bits per heavy atom. The highest BCUT2D eigenvalue weighted by molar-refractivity contribution is 6.38. The second-order valence-corrected chi connectivity index (χ2v) is 8.85. The number of pyridine rings is 1. The van der Waals surface area contributed by atoms with Gasteiger partial charge in [-0.2, -0.15) is 0 Å². The zero-order valence-corrected chi connectivity index (χ0v) is 18.4. The Kier molecular flexibility index (Phi) is 3.49. The predicted octanol–water partition coefficient (Wildman–Crippen LogP) is 5.01. The molecule has 0 atom stereocenters. The number of aryl methyl sites for hydroxylation is 2. The summed E-state index contributed by atoms with van der Waals surface area (Å²) in [6.07, 6.45) is 0. The van der Waals surface area contributed by atoms with E-state index in [2.05, 4.69) is 0 Å². The molecule has 0 fully saturated rings. The van der Waals surface area contributed by atoms with Crippen molar-refractivity contribution in [2.24, 2.45) is 0 Å². The van der Waals surface area contributed by atoms with Crippen molar-refractivity contribution in [1.29, 1.82) is 0 Å². The van der Waals surface area contributed by atoms with Crippen molar-refractivity contribution < 1.29 is 9.59 Å². The van der Waals surface area contributed by atoms with Gasteiger partial charge in [-0.15, -0.1) is 0 Å². The Balaban J connectivity index is 1.63. The van der Waals surface area contributed by atoms with Gasteiger partial charge < -0.3 is 0 Å². The fourth-order valence-corrected chi connectivity index (χ4v) is 5.20. The summed E-state index contributed by atoms with van der Waals surface area (Å²) in [5.74, 6) is -0.796. The van der Waals surface area contributed by atoms with Gasteiger partial charge in [-0.25, -0.2) is 9.88 Å². The van der Waals surface area contributed by atoms with E-state index in [1.165, 1.54) is 4.90 Å². The van der Waals surface area contributed by atoms with Gasteiger partial charge in [0, 0.05) is 32.7 Å². The van der Waals surface area contributed by atoms with E-state index in [9.17, 15) is 14.4 Å². The molecular formula is C28H17N3O3. The highest BCUT2D eigenvalue weighted by Gasteiger charge is 2.35. The summed E-state index contributed by atoms with van der Waals surface area (Å²) in [6, 6.07) is 19.8. The van der Waals surface area contributed by atoms with E-state index in [0.717, 1.165) is 27.5 Å². The van der Waals surface area contributed by atoms with Gasteiger partial charge in [-0.1, -0.05) is 18.2 Å². The Morgan fingerprint density at radius 1 is 0.706 bits per heavy atom. The number of imidazole rings is 1. The average Bonchev–Trinajstić information content (AvgIpc) is 3.20. The minimum Gasteiger partial charge on any atom is -0.268 e. The maximum absolute atomic E-state index is 13.7. The standard InChI is InChI=1S/C28H17N3O3/c1-14-12-21-22(13-15(14)2)31-25(29-21)17-8-9-19-24-20(11-10-18(23(17)24)28(31)34)27(33)30(26(19)32)16-6-4-3-5-7-16/h3-13H,1-2H3. The number of hydrogen-bond donors (Lipinski definition) is 0. The van der Waals surface area contributed by atoms with Gasteiger partial charge in [0.25, 0.3) is 17.4 Å². The number of benzene rings is 4. The Bertz CT molecular complexity index is 1910. The van der Waals surface area contributed by atoms with Crippen LogP contribution in [0.1, 0.15) is 31.8 Å². The molecule has 0 bridgehead atoms. The molecule has 0 saturated heterocycles.